The summed E-state index contributed by atoms with van der Waals surface area (Å²) >= 11 is 0. The Balaban J connectivity index is 1.66. The Morgan fingerprint density at radius 3 is 2.74 bits per heavy atom. The highest BCUT2D eigenvalue weighted by Gasteiger charge is 2.40. The number of hydrogen-bond donors (Lipinski definition) is 0. The Kier molecular flexibility index (Phi) is 3.53. The molecule has 0 saturated carbocycles. The fraction of sp³-hybridized carbons (Fsp3) is 0.200. The quantitative estimate of drug-likeness (QED) is 0.723. The van der Waals surface area contributed by atoms with Gasteiger partial charge in [-0.3, -0.25) is 19.8 Å². The van der Waals surface area contributed by atoms with Gasteiger partial charge in [0.2, 0.25) is 0 Å². The van der Waals surface area contributed by atoms with Gasteiger partial charge >= 0.3 is 6.03 Å². The number of amides is 2. The fourth-order valence-corrected chi connectivity index (χ4v) is 3.53. The number of pyridine rings is 1. The van der Waals surface area contributed by atoms with E-state index in [2.05, 4.69) is 15.1 Å². The number of nitrogens with zero attached hydrogens (tertiary/aromatic N) is 6. The first-order chi connectivity index (χ1) is 13.2. The minimum Gasteiger partial charge on any atom is -0.276 e. The van der Waals surface area contributed by atoms with Gasteiger partial charge in [0.15, 0.2) is 5.82 Å². The number of aliphatic imine (C=N–C) groups is 1. The van der Waals surface area contributed by atoms with E-state index in [0.717, 1.165) is 22.8 Å². The largest absolute Gasteiger partial charge is 0.331 e. The van der Waals surface area contributed by atoms with Crippen molar-refractivity contribution in [3.05, 3.63) is 71.7 Å². The monoisotopic (exact) mass is 358 g/mol. The van der Waals surface area contributed by atoms with Crippen molar-refractivity contribution < 1.29 is 4.79 Å². The van der Waals surface area contributed by atoms with E-state index in [1.807, 2.05) is 54.1 Å². The van der Waals surface area contributed by atoms with Crippen molar-refractivity contribution in [2.45, 2.75) is 13.5 Å². The zero-order valence-electron chi connectivity index (χ0n) is 14.9. The zero-order chi connectivity index (χ0) is 18.4. The summed E-state index contributed by atoms with van der Waals surface area (Å²) in [5.74, 6) is 1.46. The molecule has 2 amide bonds. The van der Waals surface area contributed by atoms with Crippen molar-refractivity contribution in [3.63, 3.8) is 0 Å². The molecule has 2 aliphatic heterocycles. The fourth-order valence-electron chi connectivity index (χ4n) is 3.53. The van der Waals surface area contributed by atoms with Crippen LogP contribution in [-0.4, -0.2) is 44.6 Å². The predicted octanol–water partition coefficient (Wildman–Crippen LogP) is 2.78. The van der Waals surface area contributed by atoms with E-state index >= 15 is 0 Å². The molecule has 5 rings (SSSR count). The van der Waals surface area contributed by atoms with Crippen LogP contribution in [0.1, 0.15) is 16.8 Å². The summed E-state index contributed by atoms with van der Waals surface area (Å²) in [6, 6.07) is 13.7. The van der Waals surface area contributed by atoms with Crippen LogP contribution in [0.5, 0.6) is 0 Å². The number of urea groups is 1. The van der Waals surface area contributed by atoms with Crippen molar-refractivity contribution in [2.24, 2.45) is 4.99 Å². The summed E-state index contributed by atoms with van der Waals surface area (Å²) in [4.78, 5) is 25.6. The molecular formula is C20H18N6O. The normalized spacial score (nSPS) is 15.6. The maximum Gasteiger partial charge on any atom is 0.331 e. The second-order valence-electron chi connectivity index (χ2n) is 6.68. The smallest absolute Gasteiger partial charge is 0.276 e. The van der Waals surface area contributed by atoms with E-state index in [9.17, 15) is 4.79 Å². The molecule has 1 aromatic carbocycles. The lowest BCUT2D eigenvalue weighted by Crippen LogP contribution is -2.50. The van der Waals surface area contributed by atoms with Crippen molar-refractivity contribution in [1.82, 2.24) is 19.7 Å². The first kappa shape index (κ1) is 15.7. The third kappa shape index (κ3) is 2.51. The van der Waals surface area contributed by atoms with Crippen LogP contribution in [0.15, 0.2) is 59.9 Å². The first-order valence-electron chi connectivity index (χ1n) is 8.91. The molecule has 134 valence electrons. The Labute approximate surface area is 156 Å². The number of carbonyl (C=O) groups is 1. The summed E-state index contributed by atoms with van der Waals surface area (Å²) in [6.07, 6.45) is 3.54. The zero-order valence-corrected chi connectivity index (χ0v) is 14.9. The predicted molar refractivity (Wildman–Crippen MR) is 102 cm³/mol. The standard InChI is InChI=1S/C20H18N6O/c1-14-5-7-16(8-6-14)26-19-17(12-23-26)18-22-10-11-24(18)20(27)25(19)13-15-4-2-3-9-21-15/h2-9,12H,10-11,13H2,1H3. The minimum atomic E-state index is -0.0849. The van der Waals surface area contributed by atoms with Gasteiger partial charge in [0.25, 0.3) is 0 Å². The van der Waals surface area contributed by atoms with Crippen molar-refractivity contribution in [3.8, 4) is 5.69 Å². The summed E-state index contributed by atoms with van der Waals surface area (Å²) in [7, 11) is 0. The van der Waals surface area contributed by atoms with Crippen LogP contribution in [0.25, 0.3) is 5.69 Å². The summed E-state index contributed by atoms with van der Waals surface area (Å²) in [5, 5.41) is 4.58. The van der Waals surface area contributed by atoms with Crippen LogP contribution in [0.2, 0.25) is 0 Å². The van der Waals surface area contributed by atoms with Crippen LogP contribution >= 0.6 is 0 Å². The highest BCUT2D eigenvalue weighted by Crippen LogP contribution is 2.33. The molecular weight excluding hydrogens is 340 g/mol. The summed E-state index contributed by atoms with van der Waals surface area (Å²) < 4.78 is 1.81. The number of anilines is 1. The summed E-state index contributed by atoms with van der Waals surface area (Å²) in [5.41, 5.74) is 3.79. The molecule has 0 N–H and O–H groups in total. The van der Waals surface area contributed by atoms with Gasteiger partial charge in [0.05, 0.1) is 36.2 Å². The van der Waals surface area contributed by atoms with Crippen LogP contribution < -0.4 is 4.90 Å². The Morgan fingerprint density at radius 1 is 1.11 bits per heavy atom. The van der Waals surface area contributed by atoms with Gasteiger partial charge in [0.1, 0.15) is 5.84 Å². The number of hydrogen-bond acceptors (Lipinski definition) is 4. The van der Waals surface area contributed by atoms with Gasteiger partial charge in [-0.1, -0.05) is 23.8 Å². The second-order valence-corrected chi connectivity index (χ2v) is 6.68. The van der Waals surface area contributed by atoms with Gasteiger partial charge in [-0.25, -0.2) is 9.48 Å². The molecule has 27 heavy (non-hydrogen) atoms. The van der Waals surface area contributed by atoms with E-state index in [1.54, 1.807) is 22.2 Å². The molecule has 0 unspecified atom stereocenters. The van der Waals surface area contributed by atoms with Crippen molar-refractivity contribution in [2.75, 3.05) is 18.0 Å². The molecule has 0 fully saturated rings. The second kappa shape index (κ2) is 6.05. The van der Waals surface area contributed by atoms with Crippen molar-refractivity contribution >= 4 is 17.7 Å². The molecule has 2 aliphatic rings. The SMILES string of the molecule is Cc1ccc(-n2ncc3c2N(Cc2ccccn2)C(=O)N2CCN=C32)cc1. The van der Waals surface area contributed by atoms with Gasteiger partial charge in [-0.15, -0.1) is 0 Å². The van der Waals surface area contributed by atoms with E-state index in [0.29, 0.717) is 25.5 Å². The molecule has 0 saturated heterocycles. The van der Waals surface area contributed by atoms with Gasteiger partial charge < -0.3 is 0 Å². The molecule has 0 bridgehead atoms. The lowest BCUT2D eigenvalue weighted by Gasteiger charge is -2.33. The van der Waals surface area contributed by atoms with Gasteiger partial charge in [0, 0.05) is 12.7 Å². The third-order valence-electron chi connectivity index (χ3n) is 4.87. The minimum absolute atomic E-state index is 0.0849. The van der Waals surface area contributed by atoms with Crippen LogP contribution in [-0.2, 0) is 6.54 Å². The Morgan fingerprint density at radius 2 is 1.96 bits per heavy atom. The topological polar surface area (TPSA) is 66.6 Å². The first-order valence-corrected chi connectivity index (χ1v) is 8.91. The average molecular weight is 358 g/mol. The third-order valence-corrected chi connectivity index (χ3v) is 4.87. The number of rotatable bonds is 3. The molecule has 0 spiro atoms. The lowest BCUT2D eigenvalue weighted by molar-refractivity contribution is 0.228. The van der Waals surface area contributed by atoms with E-state index < -0.39 is 0 Å². The van der Waals surface area contributed by atoms with E-state index in [4.69, 9.17) is 0 Å². The maximum absolute atomic E-state index is 13.2. The molecule has 0 atom stereocenters. The highest BCUT2D eigenvalue weighted by atomic mass is 16.2. The van der Waals surface area contributed by atoms with E-state index in [-0.39, 0.29) is 6.03 Å². The molecule has 4 heterocycles. The molecule has 2 aromatic heterocycles. The van der Waals surface area contributed by atoms with E-state index in [1.165, 1.54) is 5.56 Å². The van der Waals surface area contributed by atoms with Crippen molar-refractivity contribution in [1.29, 1.82) is 0 Å². The van der Waals surface area contributed by atoms with Crippen LogP contribution in [0.4, 0.5) is 10.6 Å². The molecule has 7 heteroatoms. The maximum atomic E-state index is 13.2. The summed E-state index contributed by atoms with van der Waals surface area (Å²) in [6.45, 7) is 3.65. The van der Waals surface area contributed by atoms with Gasteiger partial charge in [-0.05, 0) is 31.2 Å². The molecule has 0 radical (unpaired) electrons. The number of fused-ring (bicyclic) bond motifs is 3. The molecule has 3 aromatic rings. The lowest BCUT2D eigenvalue weighted by atomic mass is 10.2. The number of amidine groups is 1. The Bertz CT molecular complexity index is 1040. The average Bonchev–Trinajstić information content (AvgIpc) is 3.34. The van der Waals surface area contributed by atoms with Crippen LogP contribution in [0.3, 0.4) is 0 Å². The number of carbonyl (C=O) groups excluding carboxylic acids is 1. The Hall–Kier alpha value is -3.48. The van der Waals surface area contributed by atoms with Crippen LogP contribution in [0, 0.1) is 6.92 Å². The molecule has 7 nitrogen and oxygen atoms in total. The van der Waals surface area contributed by atoms with Gasteiger partial charge in [-0.2, -0.15) is 5.10 Å². The molecule has 0 aliphatic carbocycles. The number of benzene rings is 1. The number of aromatic nitrogens is 3. The highest BCUT2D eigenvalue weighted by molar-refractivity contribution is 6.19. The number of aryl methyl sites for hydroxylation is 1.